The monoisotopic (exact) mass is 276 g/mol. The van der Waals surface area contributed by atoms with Gasteiger partial charge in [0.05, 0.1) is 5.92 Å². The van der Waals surface area contributed by atoms with Crippen LogP contribution in [-0.4, -0.2) is 16.7 Å². The predicted octanol–water partition coefficient (Wildman–Crippen LogP) is 3.26. The van der Waals surface area contributed by atoms with Crippen molar-refractivity contribution in [2.24, 2.45) is 11.8 Å². The number of ether oxygens (including phenoxy) is 1. The van der Waals surface area contributed by atoms with Gasteiger partial charge in [-0.25, -0.2) is 0 Å². The van der Waals surface area contributed by atoms with Gasteiger partial charge in [-0.3, -0.25) is 4.79 Å². The molecule has 110 valence electrons. The average Bonchev–Trinajstić information content (AvgIpc) is 3.20. The first-order valence-corrected chi connectivity index (χ1v) is 7.26. The number of rotatable bonds is 4. The molecule has 0 spiro atoms. The van der Waals surface area contributed by atoms with E-state index in [9.17, 15) is 9.90 Å². The largest absolute Gasteiger partial charge is 0.460 e. The van der Waals surface area contributed by atoms with Gasteiger partial charge in [-0.2, -0.15) is 0 Å². The second-order valence-electron chi connectivity index (χ2n) is 6.72. The molecule has 2 unspecified atom stereocenters. The minimum atomic E-state index is -1.12. The first-order chi connectivity index (χ1) is 9.25. The quantitative estimate of drug-likeness (QED) is 0.859. The molecule has 3 nitrogen and oxygen atoms in total. The first-order valence-electron chi connectivity index (χ1n) is 7.26. The SMILES string of the molecule is CC(C(=O)OC(C)(C)C)C(O)(c1ccccc1)C1CC1. The van der Waals surface area contributed by atoms with E-state index < -0.39 is 17.1 Å². The summed E-state index contributed by atoms with van der Waals surface area (Å²) < 4.78 is 5.45. The lowest BCUT2D eigenvalue weighted by molar-refractivity contribution is -0.171. The van der Waals surface area contributed by atoms with Gasteiger partial charge in [0.15, 0.2) is 0 Å². The minimum Gasteiger partial charge on any atom is -0.460 e. The van der Waals surface area contributed by atoms with Crippen LogP contribution in [0.25, 0.3) is 0 Å². The van der Waals surface area contributed by atoms with E-state index in [-0.39, 0.29) is 11.9 Å². The van der Waals surface area contributed by atoms with Crippen LogP contribution >= 0.6 is 0 Å². The predicted molar refractivity (Wildman–Crippen MR) is 78.1 cm³/mol. The Kier molecular flexibility index (Phi) is 3.92. The lowest BCUT2D eigenvalue weighted by Crippen LogP contribution is -2.43. The van der Waals surface area contributed by atoms with Gasteiger partial charge >= 0.3 is 5.97 Å². The highest BCUT2D eigenvalue weighted by Crippen LogP contribution is 2.50. The van der Waals surface area contributed by atoms with E-state index in [1.165, 1.54) is 0 Å². The maximum Gasteiger partial charge on any atom is 0.312 e. The fraction of sp³-hybridized carbons (Fsp3) is 0.588. The van der Waals surface area contributed by atoms with Crippen LogP contribution in [0.2, 0.25) is 0 Å². The number of hydrogen-bond donors (Lipinski definition) is 1. The maximum atomic E-state index is 12.3. The number of hydrogen-bond acceptors (Lipinski definition) is 3. The summed E-state index contributed by atoms with van der Waals surface area (Å²) in [5, 5.41) is 11.2. The molecule has 0 aromatic heterocycles. The summed E-state index contributed by atoms with van der Waals surface area (Å²) in [7, 11) is 0. The van der Waals surface area contributed by atoms with Gasteiger partial charge in [0.2, 0.25) is 0 Å². The van der Waals surface area contributed by atoms with Gasteiger partial charge in [0.1, 0.15) is 11.2 Å². The highest BCUT2D eigenvalue weighted by molar-refractivity contribution is 5.74. The molecular weight excluding hydrogens is 252 g/mol. The zero-order chi connectivity index (χ0) is 15.0. The second kappa shape index (κ2) is 5.21. The fourth-order valence-electron chi connectivity index (χ4n) is 2.64. The number of carbonyl (C=O) groups excluding carboxylic acids is 1. The molecule has 1 N–H and O–H groups in total. The Morgan fingerprint density at radius 3 is 2.25 bits per heavy atom. The Bertz CT molecular complexity index is 471. The van der Waals surface area contributed by atoms with Crippen LogP contribution in [0.3, 0.4) is 0 Å². The van der Waals surface area contributed by atoms with Crippen LogP contribution in [0, 0.1) is 11.8 Å². The van der Waals surface area contributed by atoms with Crippen molar-refractivity contribution in [3.05, 3.63) is 35.9 Å². The van der Waals surface area contributed by atoms with E-state index in [0.29, 0.717) is 0 Å². The van der Waals surface area contributed by atoms with Gasteiger partial charge in [0.25, 0.3) is 0 Å². The third-order valence-electron chi connectivity index (χ3n) is 3.86. The number of benzene rings is 1. The summed E-state index contributed by atoms with van der Waals surface area (Å²) in [5.41, 5.74) is -0.850. The number of aliphatic hydroxyl groups is 1. The molecule has 1 fully saturated rings. The highest BCUT2D eigenvalue weighted by Gasteiger charge is 2.52. The zero-order valence-corrected chi connectivity index (χ0v) is 12.7. The van der Waals surface area contributed by atoms with Crippen LogP contribution in [0.15, 0.2) is 30.3 Å². The van der Waals surface area contributed by atoms with Crippen LogP contribution < -0.4 is 0 Å². The lowest BCUT2D eigenvalue weighted by atomic mass is 9.78. The van der Waals surface area contributed by atoms with Crippen molar-refractivity contribution < 1.29 is 14.6 Å². The van der Waals surface area contributed by atoms with Gasteiger partial charge in [-0.15, -0.1) is 0 Å². The van der Waals surface area contributed by atoms with E-state index in [2.05, 4.69) is 0 Å². The molecule has 0 radical (unpaired) electrons. The molecule has 1 aliphatic carbocycles. The van der Waals surface area contributed by atoms with Crippen molar-refractivity contribution in [1.82, 2.24) is 0 Å². The molecule has 0 bridgehead atoms. The third kappa shape index (κ3) is 3.04. The molecule has 2 rings (SSSR count). The number of carbonyl (C=O) groups is 1. The normalized spacial score (nSPS) is 20.1. The Morgan fingerprint density at radius 2 is 1.80 bits per heavy atom. The van der Waals surface area contributed by atoms with Crippen LogP contribution in [-0.2, 0) is 15.1 Å². The van der Waals surface area contributed by atoms with Gasteiger partial charge in [-0.1, -0.05) is 30.3 Å². The molecule has 1 aromatic rings. The zero-order valence-electron chi connectivity index (χ0n) is 12.7. The fourth-order valence-corrected chi connectivity index (χ4v) is 2.64. The van der Waals surface area contributed by atoms with Crippen LogP contribution in [0.5, 0.6) is 0 Å². The van der Waals surface area contributed by atoms with Gasteiger partial charge < -0.3 is 9.84 Å². The minimum absolute atomic E-state index is 0.146. The van der Waals surface area contributed by atoms with Crippen molar-refractivity contribution in [3.8, 4) is 0 Å². The molecule has 3 heteroatoms. The van der Waals surface area contributed by atoms with Crippen molar-refractivity contribution in [1.29, 1.82) is 0 Å². The molecule has 1 aromatic carbocycles. The lowest BCUT2D eigenvalue weighted by Gasteiger charge is -2.35. The third-order valence-corrected chi connectivity index (χ3v) is 3.86. The van der Waals surface area contributed by atoms with E-state index in [4.69, 9.17) is 4.74 Å². The molecular formula is C17H24O3. The van der Waals surface area contributed by atoms with E-state index in [1.54, 1.807) is 6.92 Å². The molecule has 1 aliphatic rings. The summed E-state index contributed by atoms with van der Waals surface area (Å²) in [5.74, 6) is -0.764. The number of esters is 1. The second-order valence-corrected chi connectivity index (χ2v) is 6.72. The summed E-state index contributed by atoms with van der Waals surface area (Å²) in [6.07, 6.45) is 1.91. The smallest absolute Gasteiger partial charge is 0.312 e. The first kappa shape index (κ1) is 15.0. The van der Waals surface area contributed by atoms with Crippen molar-refractivity contribution >= 4 is 5.97 Å². The van der Waals surface area contributed by atoms with Gasteiger partial charge in [-0.05, 0) is 52.0 Å². The molecule has 20 heavy (non-hydrogen) atoms. The molecule has 1 saturated carbocycles. The van der Waals surface area contributed by atoms with Crippen molar-refractivity contribution in [2.45, 2.75) is 51.7 Å². The van der Waals surface area contributed by atoms with E-state index >= 15 is 0 Å². The molecule has 2 atom stereocenters. The molecule has 0 amide bonds. The molecule has 0 heterocycles. The average molecular weight is 276 g/mol. The van der Waals surface area contributed by atoms with Crippen molar-refractivity contribution in [3.63, 3.8) is 0 Å². The van der Waals surface area contributed by atoms with Crippen LogP contribution in [0.4, 0.5) is 0 Å². The Hall–Kier alpha value is -1.35. The standard InChI is InChI=1S/C17H24O3/c1-12(15(18)20-16(2,3)4)17(19,14-10-11-14)13-8-6-5-7-9-13/h5-9,12,14,19H,10-11H2,1-4H3. The topological polar surface area (TPSA) is 46.5 Å². The highest BCUT2D eigenvalue weighted by atomic mass is 16.6. The molecule has 0 aliphatic heterocycles. The summed E-state index contributed by atoms with van der Waals surface area (Å²) in [6, 6.07) is 9.47. The Balaban J connectivity index is 2.27. The van der Waals surface area contributed by atoms with Gasteiger partial charge in [0, 0.05) is 0 Å². The Morgan fingerprint density at radius 1 is 1.25 bits per heavy atom. The maximum absolute atomic E-state index is 12.3. The van der Waals surface area contributed by atoms with E-state index in [0.717, 1.165) is 18.4 Å². The van der Waals surface area contributed by atoms with Crippen LogP contribution in [0.1, 0.15) is 46.1 Å². The van der Waals surface area contributed by atoms with E-state index in [1.807, 2.05) is 51.1 Å². The summed E-state index contributed by atoms with van der Waals surface area (Å²) in [4.78, 5) is 12.3. The summed E-state index contributed by atoms with van der Waals surface area (Å²) in [6.45, 7) is 7.29. The Labute approximate surface area is 121 Å². The summed E-state index contributed by atoms with van der Waals surface area (Å²) >= 11 is 0. The van der Waals surface area contributed by atoms with Crippen molar-refractivity contribution in [2.75, 3.05) is 0 Å². The molecule has 0 saturated heterocycles.